The quantitative estimate of drug-likeness (QED) is 0.156. The van der Waals surface area contributed by atoms with Crippen LogP contribution in [0.2, 0.25) is 18.1 Å². The minimum atomic E-state index is -3.07. The van der Waals surface area contributed by atoms with Gasteiger partial charge in [-0.05, 0) is 46.0 Å². The highest BCUT2D eigenvalue weighted by Crippen LogP contribution is 2.55. The SMILES string of the molecule is COc1ccc(C(c2ccccc2)(c2ccc(OC)cc2)C(O)[C@H]2O[C@@H](n3ccc(=O)[nH]c3=O)[C@@](O)([Si](C)(C)C(C)(C)C)[C@@H]2O)cc1. The Bertz CT molecular complexity index is 1750. The number of nitrogens with one attached hydrogen (secondary N) is 1. The normalized spacial score (nSPS) is 22.6. The monoisotopic (exact) mass is 660 g/mol. The van der Waals surface area contributed by atoms with E-state index in [0.717, 1.165) is 10.6 Å². The van der Waals surface area contributed by atoms with Gasteiger partial charge in [0, 0.05) is 12.3 Å². The van der Waals surface area contributed by atoms with Gasteiger partial charge in [0.05, 0.1) is 27.7 Å². The molecule has 10 nitrogen and oxygen atoms in total. The third-order valence-electron chi connectivity index (χ3n) is 10.5. The number of methoxy groups -OCH3 is 2. The van der Waals surface area contributed by atoms with E-state index in [2.05, 4.69) is 4.98 Å². The van der Waals surface area contributed by atoms with Gasteiger partial charge < -0.3 is 29.5 Å². The average molecular weight is 661 g/mol. The predicted octanol–water partition coefficient (Wildman–Crippen LogP) is 3.99. The number of H-pyrrole nitrogens is 1. The minimum absolute atomic E-state index is 0.502. The van der Waals surface area contributed by atoms with Crippen molar-refractivity contribution in [3.8, 4) is 11.5 Å². The van der Waals surface area contributed by atoms with Crippen molar-refractivity contribution in [2.24, 2.45) is 0 Å². The fourth-order valence-corrected chi connectivity index (χ4v) is 9.74. The van der Waals surface area contributed by atoms with Crippen molar-refractivity contribution in [3.05, 3.63) is 129 Å². The Labute approximate surface area is 275 Å². The molecule has 5 rings (SSSR count). The summed E-state index contributed by atoms with van der Waals surface area (Å²) in [7, 11) is 0.0748. The summed E-state index contributed by atoms with van der Waals surface area (Å²) in [5, 5.41) is 35.7. The first-order chi connectivity index (χ1) is 22.1. The summed E-state index contributed by atoms with van der Waals surface area (Å²) in [6.07, 6.45) is -4.77. The fourth-order valence-electron chi connectivity index (χ4n) is 6.81. The lowest BCUT2D eigenvalue weighted by molar-refractivity contribution is -0.102. The Balaban J connectivity index is 1.81. The van der Waals surface area contributed by atoms with Crippen LogP contribution in [0.4, 0.5) is 0 Å². The van der Waals surface area contributed by atoms with E-state index in [1.165, 1.54) is 6.20 Å². The molecule has 5 atom stereocenters. The number of nitrogens with zero attached hydrogens (tertiary/aromatic N) is 1. The van der Waals surface area contributed by atoms with Crippen molar-refractivity contribution < 1.29 is 29.5 Å². The maximum Gasteiger partial charge on any atom is 0.330 e. The van der Waals surface area contributed by atoms with Crippen LogP contribution in [0.1, 0.15) is 43.7 Å². The standard InChI is InChI=1S/C36H44N2O8Si/c1-34(2,3)47(6,7)36(43)31(41)29(46-32(36)38-22-21-28(39)37-33(38)42)30(40)35(23-11-9-8-10-12-23,24-13-17-26(44-4)18-14-24)25-15-19-27(45-5)20-16-25/h8-22,29-32,40-41,43H,1-7H3,(H,37,39,42)/t29-,30?,31-,32-,36+/m1/s1. The molecule has 0 radical (unpaired) electrons. The molecule has 4 N–H and O–H groups in total. The number of hydrogen-bond donors (Lipinski definition) is 4. The van der Waals surface area contributed by atoms with E-state index in [9.17, 15) is 24.9 Å². The summed E-state index contributed by atoms with van der Waals surface area (Å²) in [6.45, 7) is 9.78. The molecule has 47 heavy (non-hydrogen) atoms. The Morgan fingerprint density at radius 3 is 1.79 bits per heavy atom. The van der Waals surface area contributed by atoms with Crippen molar-refractivity contribution >= 4 is 8.07 Å². The molecule has 0 spiro atoms. The van der Waals surface area contributed by atoms with Crippen molar-refractivity contribution in [3.63, 3.8) is 0 Å². The van der Waals surface area contributed by atoms with E-state index >= 15 is 0 Å². The first-order valence-corrected chi connectivity index (χ1v) is 18.5. The average Bonchev–Trinajstić information content (AvgIpc) is 3.33. The first-order valence-electron chi connectivity index (χ1n) is 15.5. The van der Waals surface area contributed by atoms with Gasteiger partial charge in [0.25, 0.3) is 5.56 Å². The molecule has 2 heterocycles. The minimum Gasteiger partial charge on any atom is -0.497 e. The second-order valence-electron chi connectivity index (χ2n) is 13.7. The molecule has 4 aromatic rings. The summed E-state index contributed by atoms with van der Waals surface area (Å²) in [6, 6.07) is 25.1. The summed E-state index contributed by atoms with van der Waals surface area (Å²) in [5.74, 6) is 1.23. The van der Waals surface area contributed by atoms with Gasteiger partial charge in [0.2, 0.25) is 0 Å². The number of aliphatic hydroxyl groups is 3. The molecule has 1 aromatic heterocycles. The lowest BCUT2D eigenvalue weighted by Gasteiger charge is -2.50. The predicted molar refractivity (Wildman–Crippen MR) is 182 cm³/mol. The highest BCUT2D eigenvalue weighted by molar-refractivity contribution is 6.83. The summed E-state index contributed by atoms with van der Waals surface area (Å²) in [5.41, 5.74) is -0.762. The summed E-state index contributed by atoms with van der Waals surface area (Å²) >= 11 is 0. The molecule has 1 saturated heterocycles. The smallest absolute Gasteiger partial charge is 0.330 e. The van der Waals surface area contributed by atoms with Gasteiger partial charge in [-0.15, -0.1) is 0 Å². The molecular formula is C36H44N2O8Si. The lowest BCUT2D eigenvalue weighted by Crippen LogP contribution is -2.69. The van der Waals surface area contributed by atoms with Crippen molar-refractivity contribution in [1.29, 1.82) is 0 Å². The number of benzene rings is 3. The molecule has 1 aliphatic rings. The van der Waals surface area contributed by atoms with Crippen LogP contribution < -0.4 is 20.7 Å². The van der Waals surface area contributed by atoms with Crippen LogP contribution in [0.15, 0.2) is 101 Å². The second-order valence-corrected chi connectivity index (χ2v) is 19.2. The molecule has 3 aromatic carbocycles. The third kappa shape index (κ3) is 5.45. The topological polar surface area (TPSA) is 143 Å². The van der Waals surface area contributed by atoms with Crippen LogP contribution in [0, 0.1) is 0 Å². The number of hydrogen-bond acceptors (Lipinski definition) is 8. The molecular weight excluding hydrogens is 616 g/mol. The lowest BCUT2D eigenvalue weighted by atomic mass is 9.64. The Morgan fingerprint density at radius 2 is 1.34 bits per heavy atom. The zero-order valence-corrected chi connectivity index (χ0v) is 28.8. The Kier molecular flexibility index (Phi) is 9.17. The number of aromatic amines is 1. The molecule has 1 unspecified atom stereocenters. The zero-order valence-electron chi connectivity index (χ0n) is 27.8. The Hall–Kier alpha value is -4.00. The van der Waals surface area contributed by atoms with E-state index in [-0.39, 0.29) is 0 Å². The first kappa shape index (κ1) is 34.3. The van der Waals surface area contributed by atoms with Crippen LogP contribution in [0.5, 0.6) is 11.5 Å². The van der Waals surface area contributed by atoms with Crippen molar-refractivity contribution in [2.75, 3.05) is 14.2 Å². The van der Waals surface area contributed by atoms with Gasteiger partial charge in [-0.3, -0.25) is 14.3 Å². The van der Waals surface area contributed by atoms with Crippen LogP contribution in [-0.2, 0) is 10.2 Å². The van der Waals surface area contributed by atoms with Gasteiger partial charge in [-0.25, -0.2) is 4.79 Å². The van der Waals surface area contributed by atoms with Crippen LogP contribution >= 0.6 is 0 Å². The molecule has 1 fully saturated rings. The maximum atomic E-state index is 13.2. The second kappa shape index (κ2) is 12.5. The van der Waals surface area contributed by atoms with E-state index < -0.39 is 59.5 Å². The molecule has 0 aliphatic carbocycles. The highest BCUT2D eigenvalue weighted by Gasteiger charge is 2.69. The molecule has 1 aliphatic heterocycles. The maximum absolute atomic E-state index is 13.2. The van der Waals surface area contributed by atoms with Gasteiger partial charge in [0.15, 0.2) is 6.23 Å². The zero-order chi connectivity index (χ0) is 34.4. The largest absolute Gasteiger partial charge is 0.497 e. The van der Waals surface area contributed by atoms with Gasteiger partial charge in [-0.2, -0.15) is 0 Å². The van der Waals surface area contributed by atoms with Crippen LogP contribution in [0.3, 0.4) is 0 Å². The van der Waals surface area contributed by atoms with E-state index in [1.54, 1.807) is 38.5 Å². The number of aromatic nitrogens is 2. The third-order valence-corrected chi connectivity index (χ3v) is 16.8. The number of aliphatic hydroxyl groups excluding tert-OH is 2. The van der Waals surface area contributed by atoms with E-state index in [4.69, 9.17) is 14.2 Å². The van der Waals surface area contributed by atoms with Crippen LogP contribution in [-0.4, -0.2) is 70.7 Å². The highest BCUT2D eigenvalue weighted by atomic mass is 28.3. The molecule has 0 bridgehead atoms. The van der Waals surface area contributed by atoms with E-state index in [0.29, 0.717) is 28.2 Å². The molecule has 250 valence electrons. The fraction of sp³-hybridized carbons (Fsp3) is 0.389. The summed E-state index contributed by atoms with van der Waals surface area (Å²) < 4.78 is 18.6. The van der Waals surface area contributed by atoms with E-state index in [1.807, 2.05) is 88.5 Å². The number of ether oxygens (including phenoxy) is 3. The van der Waals surface area contributed by atoms with Crippen LogP contribution in [0.25, 0.3) is 0 Å². The van der Waals surface area contributed by atoms with Gasteiger partial charge in [-0.1, -0.05) is 88.5 Å². The van der Waals surface area contributed by atoms with Gasteiger partial charge in [0.1, 0.15) is 35.0 Å². The molecule has 0 saturated carbocycles. The number of rotatable bonds is 9. The summed E-state index contributed by atoms with van der Waals surface area (Å²) in [4.78, 5) is 27.5. The van der Waals surface area contributed by atoms with Gasteiger partial charge >= 0.3 is 5.69 Å². The molecule has 0 amide bonds. The Morgan fingerprint density at radius 1 is 0.851 bits per heavy atom. The van der Waals surface area contributed by atoms with Crippen molar-refractivity contribution in [1.82, 2.24) is 9.55 Å². The van der Waals surface area contributed by atoms with Crippen molar-refractivity contribution in [2.45, 2.75) is 74.1 Å². The molecule has 11 heteroatoms.